The van der Waals surface area contributed by atoms with Gasteiger partial charge in [0.1, 0.15) is 0 Å². The number of hydrogen-bond donors (Lipinski definition) is 0. The summed E-state index contributed by atoms with van der Waals surface area (Å²) in [7, 11) is 5.48. The maximum absolute atomic E-state index is 2.77. The molecule has 0 N–H and O–H groups in total. The lowest BCUT2D eigenvalue weighted by atomic mass is 10.1. The Morgan fingerprint density at radius 3 is 2.00 bits per heavy atom. The predicted octanol–water partition coefficient (Wildman–Crippen LogP) is 3.56. The van der Waals surface area contributed by atoms with Crippen LogP contribution in [0.25, 0.3) is 11.1 Å². The van der Waals surface area contributed by atoms with Crippen molar-refractivity contribution in [3.63, 3.8) is 0 Å². The average molecular weight is 470 g/mol. The van der Waals surface area contributed by atoms with E-state index in [2.05, 4.69) is 100 Å². The third kappa shape index (κ3) is 2.77. The highest BCUT2D eigenvalue weighted by Crippen LogP contribution is 2.28. The van der Waals surface area contributed by atoms with Gasteiger partial charge in [0.2, 0.25) is 0 Å². The summed E-state index contributed by atoms with van der Waals surface area (Å²) in [6, 6.07) is 12.9. The minimum atomic E-state index is 1.22. The first-order valence-corrected chi connectivity index (χ1v) is 8.00. The van der Waals surface area contributed by atoms with E-state index < -0.39 is 0 Å². The Kier molecular flexibility index (Phi) is 4.62. The largest absolute Gasteiger partial charge is 0.106 e. The molecular formula is C12H10I2P2. The van der Waals surface area contributed by atoms with Crippen molar-refractivity contribution in [3.05, 3.63) is 43.5 Å². The second-order valence-electron chi connectivity index (χ2n) is 3.45. The Balaban J connectivity index is 2.57. The van der Waals surface area contributed by atoms with E-state index >= 15 is 0 Å². The first-order chi connectivity index (χ1) is 7.59. The van der Waals surface area contributed by atoms with Gasteiger partial charge in [-0.15, -0.1) is 18.5 Å². The molecule has 4 heteroatoms. The van der Waals surface area contributed by atoms with Gasteiger partial charge in [-0.05, 0) is 66.9 Å². The van der Waals surface area contributed by atoms with Gasteiger partial charge in [-0.1, -0.05) is 36.4 Å². The zero-order chi connectivity index (χ0) is 11.7. The van der Waals surface area contributed by atoms with Crippen molar-refractivity contribution in [2.75, 3.05) is 0 Å². The standard InChI is InChI=1S/C12H10I2P2/c13-11-9(5-6-10(16)12(11)14)7-1-3-8(15)4-2-7/h1-6H,15-16H2. The van der Waals surface area contributed by atoms with E-state index in [-0.39, 0.29) is 0 Å². The van der Waals surface area contributed by atoms with Gasteiger partial charge in [0, 0.05) is 7.14 Å². The van der Waals surface area contributed by atoms with Crippen molar-refractivity contribution >= 4 is 74.3 Å². The van der Waals surface area contributed by atoms with Crippen LogP contribution in [0.4, 0.5) is 0 Å². The van der Waals surface area contributed by atoms with Gasteiger partial charge in [0.05, 0.1) is 0 Å². The van der Waals surface area contributed by atoms with Crippen LogP contribution in [0, 0.1) is 7.14 Å². The van der Waals surface area contributed by atoms with E-state index in [1.807, 2.05) is 0 Å². The molecule has 2 atom stereocenters. The van der Waals surface area contributed by atoms with Crippen molar-refractivity contribution in [2.24, 2.45) is 0 Å². The van der Waals surface area contributed by atoms with E-state index in [4.69, 9.17) is 0 Å². The molecule has 0 amide bonds. The Bertz CT molecular complexity index is 521. The molecule has 0 aliphatic heterocycles. The van der Waals surface area contributed by atoms with Gasteiger partial charge >= 0.3 is 0 Å². The van der Waals surface area contributed by atoms with Crippen LogP contribution < -0.4 is 10.6 Å². The molecule has 2 unspecified atom stereocenters. The third-order valence-electron chi connectivity index (χ3n) is 2.33. The molecule has 2 aromatic rings. The normalized spacial score (nSPS) is 10.5. The third-order valence-corrected chi connectivity index (χ3v) is 7.10. The van der Waals surface area contributed by atoms with E-state index in [9.17, 15) is 0 Å². The van der Waals surface area contributed by atoms with E-state index in [1.54, 1.807) is 0 Å². The monoisotopic (exact) mass is 470 g/mol. The van der Waals surface area contributed by atoms with Crippen LogP contribution >= 0.6 is 63.7 Å². The highest BCUT2D eigenvalue weighted by atomic mass is 127. The second-order valence-corrected chi connectivity index (χ2v) is 6.90. The number of halogens is 2. The fraction of sp³-hybridized carbons (Fsp3) is 0. The zero-order valence-electron chi connectivity index (χ0n) is 8.37. The first-order valence-electron chi connectivity index (χ1n) is 4.69. The molecule has 16 heavy (non-hydrogen) atoms. The summed E-state index contributed by atoms with van der Waals surface area (Å²) >= 11 is 4.81. The Labute approximate surface area is 128 Å². The molecule has 0 nitrogen and oxygen atoms in total. The van der Waals surface area contributed by atoms with Gasteiger partial charge in [-0.25, -0.2) is 0 Å². The van der Waals surface area contributed by atoms with E-state index in [0.717, 1.165) is 0 Å². The van der Waals surface area contributed by atoms with Crippen LogP contribution in [0.5, 0.6) is 0 Å². The Morgan fingerprint density at radius 1 is 0.750 bits per heavy atom. The molecule has 2 rings (SSSR count). The fourth-order valence-corrected chi connectivity index (χ4v) is 3.45. The molecule has 0 saturated carbocycles. The highest BCUT2D eigenvalue weighted by molar-refractivity contribution is 14.1. The van der Waals surface area contributed by atoms with Crippen molar-refractivity contribution in [1.29, 1.82) is 0 Å². The zero-order valence-corrected chi connectivity index (χ0v) is 15.0. The van der Waals surface area contributed by atoms with Gasteiger partial charge in [-0.3, -0.25) is 0 Å². The molecule has 82 valence electrons. The van der Waals surface area contributed by atoms with Crippen LogP contribution in [-0.4, -0.2) is 0 Å². The molecule has 0 fully saturated rings. The first kappa shape index (κ1) is 13.2. The van der Waals surface area contributed by atoms with E-state index in [0.29, 0.717) is 0 Å². The summed E-state index contributed by atoms with van der Waals surface area (Å²) in [5, 5.41) is 2.48. The maximum Gasteiger partial charge on any atom is 0.0348 e. The van der Waals surface area contributed by atoms with Gasteiger partial charge in [0.25, 0.3) is 0 Å². The van der Waals surface area contributed by atoms with Crippen molar-refractivity contribution < 1.29 is 0 Å². The summed E-state index contributed by atoms with van der Waals surface area (Å²) in [5.74, 6) is 0. The molecular weight excluding hydrogens is 460 g/mol. The lowest BCUT2D eigenvalue weighted by Gasteiger charge is -2.09. The molecule has 0 spiro atoms. The lowest BCUT2D eigenvalue weighted by molar-refractivity contribution is 1.58. The molecule has 2 aromatic carbocycles. The Hall–Kier alpha value is 0.760. The van der Waals surface area contributed by atoms with Gasteiger partial charge in [0.15, 0.2) is 0 Å². The lowest BCUT2D eigenvalue weighted by Crippen LogP contribution is -2.01. The van der Waals surface area contributed by atoms with Crippen LogP contribution in [-0.2, 0) is 0 Å². The fourth-order valence-electron chi connectivity index (χ4n) is 1.45. The molecule has 0 bridgehead atoms. The topological polar surface area (TPSA) is 0 Å². The van der Waals surface area contributed by atoms with Crippen molar-refractivity contribution in [2.45, 2.75) is 0 Å². The number of rotatable bonds is 1. The quantitative estimate of drug-likeness (QED) is 0.442. The summed E-state index contributed by atoms with van der Waals surface area (Å²) in [6.07, 6.45) is 0. The maximum atomic E-state index is 2.77. The van der Waals surface area contributed by atoms with Crippen LogP contribution in [0.1, 0.15) is 0 Å². The van der Waals surface area contributed by atoms with Crippen LogP contribution in [0.15, 0.2) is 36.4 Å². The van der Waals surface area contributed by atoms with Crippen molar-refractivity contribution in [3.8, 4) is 11.1 Å². The van der Waals surface area contributed by atoms with Crippen LogP contribution in [0.3, 0.4) is 0 Å². The number of hydrogen-bond acceptors (Lipinski definition) is 0. The smallest absolute Gasteiger partial charge is 0.0348 e. The highest BCUT2D eigenvalue weighted by Gasteiger charge is 2.07. The predicted molar refractivity (Wildman–Crippen MR) is 96.0 cm³/mol. The summed E-state index contributed by atoms with van der Waals surface area (Å²) < 4.78 is 2.64. The SMILES string of the molecule is Pc1ccc(-c2ccc(P)c(I)c2I)cc1. The average Bonchev–Trinajstić information content (AvgIpc) is 2.28. The van der Waals surface area contributed by atoms with Gasteiger partial charge in [-0.2, -0.15) is 0 Å². The molecule has 0 heterocycles. The molecule has 0 saturated heterocycles. The minimum Gasteiger partial charge on any atom is -0.106 e. The van der Waals surface area contributed by atoms with E-state index in [1.165, 1.54) is 28.9 Å². The summed E-state index contributed by atoms with van der Waals surface area (Å²) in [4.78, 5) is 0. The summed E-state index contributed by atoms with van der Waals surface area (Å²) in [5.41, 5.74) is 2.58. The van der Waals surface area contributed by atoms with Crippen LogP contribution in [0.2, 0.25) is 0 Å². The second kappa shape index (κ2) is 5.60. The molecule has 0 aliphatic rings. The summed E-state index contributed by atoms with van der Waals surface area (Å²) in [6.45, 7) is 0. The number of benzene rings is 2. The molecule has 0 radical (unpaired) electrons. The van der Waals surface area contributed by atoms with Gasteiger partial charge < -0.3 is 0 Å². The van der Waals surface area contributed by atoms with Crippen molar-refractivity contribution in [1.82, 2.24) is 0 Å². The molecule has 0 aromatic heterocycles. The minimum absolute atomic E-state index is 1.22. The molecule has 0 aliphatic carbocycles. The Morgan fingerprint density at radius 2 is 1.38 bits per heavy atom.